The number of oxazole rings is 1. The normalized spacial score (nSPS) is 21.3. The van der Waals surface area contributed by atoms with E-state index in [9.17, 15) is 9.59 Å². The second kappa shape index (κ2) is 4.78. The summed E-state index contributed by atoms with van der Waals surface area (Å²) >= 11 is 6.02. The molecule has 1 aromatic heterocycles. The van der Waals surface area contributed by atoms with Crippen LogP contribution >= 0.6 is 11.8 Å². The predicted molar refractivity (Wildman–Crippen MR) is 63.4 cm³/mol. The molecule has 19 heavy (non-hydrogen) atoms. The molecule has 1 atom stereocenters. The van der Waals surface area contributed by atoms with Crippen molar-refractivity contribution in [2.24, 2.45) is 10.2 Å². The van der Waals surface area contributed by atoms with Crippen molar-refractivity contribution in [3.63, 3.8) is 0 Å². The summed E-state index contributed by atoms with van der Waals surface area (Å²) in [5.74, 6) is -0.332. The van der Waals surface area contributed by atoms with E-state index >= 15 is 0 Å². The fourth-order valence-electron chi connectivity index (χ4n) is 1.35. The Labute approximate surface area is 111 Å². The molecule has 0 spiro atoms. The highest BCUT2D eigenvalue weighted by molar-refractivity contribution is 6.33. The quantitative estimate of drug-likeness (QED) is 0.633. The molecule has 0 saturated carbocycles. The van der Waals surface area contributed by atoms with Gasteiger partial charge in [-0.25, -0.2) is 9.78 Å². The third-order valence-electron chi connectivity index (χ3n) is 2.07. The molecule has 0 aromatic carbocycles. The van der Waals surface area contributed by atoms with Crippen molar-refractivity contribution in [2.75, 3.05) is 0 Å². The molecular weight excluding hydrogens is 278 g/mol. The molecule has 0 aliphatic carbocycles. The van der Waals surface area contributed by atoms with Crippen LogP contribution in [0.2, 0.25) is 0 Å². The maximum atomic E-state index is 11.0. The van der Waals surface area contributed by atoms with E-state index in [1.54, 1.807) is 0 Å². The minimum Gasteiger partial charge on any atom is -0.465 e. The van der Waals surface area contributed by atoms with Crippen LogP contribution in [-0.2, 0) is 6.54 Å². The number of nitrogens with one attached hydrogen (secondary N) is 1. The van der Waals surface area contributed by atoms with Crippen LogP contribution in [-0.4, -0.2) is 38.2 Å². The fraction of sp³-hybridized carbons (Fsp3) is 0.222. The summed E-state index contributed by atoms with van der Waals surface area (Å²) in [6.07, 6.45) is 1.19. The van der Waals surface area contributed by atoms with Gasteiger partial charge in [-0.3, -0.25) is 10.1 Å². The molecule has 9 nitrogen and oxygen atoms in total. The zero-order valence-corrected chi connectivity index (χ0v) is 10.5. The summed E-state index contributed by atoms with van der Waals surface area (Å²) in [7, 11) is 0. The van der Waals surface area contributed by atoms with Crippen molar-refractivity contribution in [1.29, 1.82) is 0 Å². The number of aromatic nitrogens is 1. The Morgan fingerprint density at radius 2 is 2.32 bits per heavy atom. The molecule has 0 bridgehead atoms. The number of rotatable bonds is 3. The zero-order chi connectivity index (χ0) is 14.0. The first-order chi connectivity index (χ1) is 8.88. The topological polar surface area (TPSA) is 117 Å². The molecule has 1 aromatic rings. The van der Waals surface area contributed by atoms with Crippen LogP contribution < -0.4 is 5.32 Å². The van der Waals surface area contributed by atoms with Gasteiger partial charge in [-0.15, -0.1) is 0 Å². The lowest BCUT2D eigenvalue weighted by Gasteiger charge is -2.09. The summed E-state index contributed by atoms with van der Waals surface area (Å²) in [5, 5.41) is 18.2. The zero-order valence-electron chi connectivity index (χ0n) is 9.70. The number of quaternary nitrogens is 1. The first-order valence-electron chi connectivity index (χ1n) is 5.07. The van der Waals surface area contributed by atoms with Crippen molar-refractivity contribution in [3.8, 4) is 0 Å². The van der Waals surface area contributed by atoms with E-state index in [2.05, 4.69) is 15.2 Å². The number of hydrogen-bond donors (Lipinski definition) is 2. The Kier molecular flexibility index (Phi) is 3.32. The van der Waals surface area contributed by atoms with Gasteiger partial charge < -0.3 is 9.52 Å². The van der Waals surface area contributed by atoms with Crippen molar-refractivity contribution in [3.05, 3.63) is 17.8 Å². The molecule has 1 amide bonds. The molecule has 0 fully saturated rings. The van der Waals surface area contributed by atoms with Crippen LogP contribution in [0, 0.1) is 0 Å². The van der Waals surface area contributed by atoms with Crippen LogP contribution in [0.1, 0.15) is 23.3 Å². The standard InChI is InChI=1S/C9H8ClN5O4/c1-5(16)8-12-6(4-19-8)3-15(10)11-2-7(14-15)13-9(17)18/h2,4H,3H2,1H3,(H-,13,14,17,18)/p+1. The molecule has 2 rings (SSSR count). The van der Waals surface area contributed by atoms with Gasteiger partial charge in [0.25, 0.3) is 5.89 Å². The van der Waals surface area contributed by atoms with Gasteiger partial charge in [0.15, 0.2) is 6.54 Å². The minimum absolute atomic E-state index is 0.0118. The molecule has 0 saturated heterocycles. The highest BCUT2D eigenvalue weighted by Crippen LogP contribution is 2.23. The van der Waals surface area contributed by atoms with Crippen molar-refractivity contribution in [2.45, 2.75) is 13.5 Å². The van der Waals surface area contributed by atoms with Crippen LogP contribution in [0.25, 0.3) is 0 Å². The first kappa shape index (κ1) is 13.2. The maximum Gasteiger partial charge on any atom is 0.410 e. The SMILES string of the molecule is CC(=O)c1nc(C[N+]2(Cl)N=CC(NC(=O)O)=N2)co1. The molecule has 100 valence electrons. The third-order valence-corrected chi connectivity index (χ3v) is 2.35. The Morgan fingerprint density at radius 1 is 1.58 bits per heavy atom. The molecule has 2 N–H and O–H groups in total. The summed E-state index contributed by atoms with van der Waals surface area (Å²) in [6, 6.07) is 0. The van der Waals surface area contributed by atoms with Gasteiger partial charge in [-0.05, 0) is 10.2 Å². The Morgan fingerprint density at radius 3 is 2.89 bits per heavy atom. The highest BCUT2D eigenvalue weighted by Gasteiger charge is 2.34. The summed E-state index contributed by atoms with van der Waals surface area (Å²) in [6.45, 7) is 1.33. The smallest absolute Gasteiger partial charge is 0.410 e. The van der Waals surface area contributed by atoms with Crippen molar-refractivity contribution >= 4 is 35.7 Å². The molecular formula is C9H9ClN5O4+. The van der Waals surface area contributed by atoms with E-state index in [0.29, 0.717) is 5.69 Å². The summed E-state index contributed by atoms with van der Waals surface area (Å²) in [5.41, 5.74) is 0.373. The Hall–Kier alpha value is -2.26. The average molecular weight is 287 g/mol. The number of carbonyl (C=O) groups is 2. The van der Waals surface area contributed by atoms with Gasteiger partial charge in [0, 0.05) is 11.1 Å². The number of amidine groups is 1. The number of Topliss-reactive ketones (excluding diaryl/α,β-unsaturated/α-hetero) is 1. The lowest BCUT2D eigenvalue weighted by atomic mass is 10.4. The van der Waals surface area contributed by atoms with Gasteiger partial charge in [0.1, 0.15) is 18.2 Å². The number of carbonyl (C=O) groups excluding carboxylic acids is 1. The molecule has 1 aliphatic heterocycles. The lowest BCUT2D eigenvalue weighted by Crippen LogP contribution is -2.30. The molecule has 1 unspecified atom stereocenters. The highest BCUT2D eigenvalue weighted by atomic mass is 35.5. The minimum atomic E-state index is -1.27. The van der Waals surface area contributed by atoms with Crippen molar-refractivity contribution < 1.29 is 23.3 Å². The van der Waals surface area contributed by atoms with Crippen LogP contribution in [0.3, 0.4) is 0 Å². The van der Waals surface area contributed by atoms with E-state index in [1.807, 2.05) is 5.32 Å². The largest absolute Gasteiger partial charge is 0.465 e. The second-order valence-electron chi connectivity index (χ2n) is 3.66. The lowest BCUT2D eigenvalue weighted by molar-refractivity contribution is -0.840. The number of halogens is 1. The van der Waals surface area contributed by atoms with E-state index in [-0.39, 0.29) is 24.1 Å². The van der Waals surface area contributed by atoms with E-state index < -0.39 is 10.3 Å². The summed E-state index contributed by atoms with van der Waals surface area (Å²) in [4.78, 5) is 25.4. The number of hydrogen-bond acceptors (Lipinski definition) is 6. The second-order valence-corrected chi connectivity index (χ2v) is 4.20. The maximum absolute atomic E-state index is 11.0. The molecule has 10 heteroatoms. The molecule has 2 heterocycles. The van der Waals surface area contributed by atoms with E-state index in [1.165, 1.54) is 19.4 Å². The van der Waals surface area contributed by atoms with Gasteiger partial charge in [-0.2, -0.15) is 0 Å². The first-order valence-corrected chi connectivity index (χ1v) is 5.40. The monoisotopic (exact) mass is 286 g/mol. The van der Waals surface area contributed by atoms with Gasteiger partial charge >= 0.3 is 6.09 Å². The molecule has 0 radical (unpaired) electrons. The van der Waals surface area contributed by atoms with Crippen molar-refractivity contribution in [1.82, 2.24) is 10.3 Å². The van der Waals surface area contributed by atoms with Gasteiger partial charge in [-0.1, -0.05) is 0 Å². The van der Waals surface area contributed by atoms with E-state index in [4.69, 9.17) is 21.3 Å². The van der Waals surface area contributed by atoms with Crippen LogP contribution in [0.15, 0.2) is 20.9 Å². The third kappa shape index (κ3) is 3.14. The Balaban J connectivity index is 2.10. The van der Waals surface area contributed by atoms with Crippen LogP contribution in [0.5, 0.6) is 0 Å². The summed E-state index contributed by atoms with van der Waals surface area (Å²) < 4.78 is 4.25. The van der Waals surface area contributed by atoms with Crippen LogP contribution in [0.4, 0.5) is 4.79 Å². The number of carboxylic acid groups (broad SMARTS) is 1. The Bertz CT molecular complexity index is 595. The van der Waals surface area contributed by atoms with Gasteiger partial charge in [0.05, 0.1) is 0 Å². The van der Waals surface area contributed by atoms with Gasteiger partial charge in [0.2, 0.25) is 23.4 Å². The number of nitrogens with zero attached hydrogens (tertiary/aromatic N) is 4. The predicted octanol–water partition coefficient (Wildman–Crippen LogP) is 0.928. The van der Waals surface area contributed by atoms with E-state index in [0.717, 1.165) is 0 Å². The number of ketones is 1. The number of amides is 1. The average Bonchev–Trinajstić information content (AvgIpc) is 2.86. The fourth-order valence-corrected chi connectivity index (χ4v) is 1.60. The molecule has 1 aliphatic rings.